The fourth-order valence-electron chi connectivity index (χ4n) is 4.49. The zero-order valence-electron chi connectivity index (χ0n) is 15.1. The Bertz CT molecular complexity index is 963. The van der Waals surface area contributed by atoms with Crippen molar-refractivity contribution in [3.8, 4) is 0 Å². The van der Waals surface area contributed by atoms with Crippen molar-refractivity contribution in [1.29, 1.82) is 0 Å². The molecule has 0 unspecified atom stereocenters. The highest BCUT2D eigenvalue weighted by Gasteiger charge is 2.50. The summed E-state index contributed by atoms with van der Waals surface area (Å²) in [6.07, 6.45) is 2.12. The molecule has 138 valence electrons. The van der Waals surface area contributed by atoms with Gasteiger partial charge in [0.1, 0.15) is 11.5 Å². The Kier molecular flexibility index (Phi) is 3.79. The van der Waals surface area contributed by atoms with Gasteiger partial charge in [-0.25, -0.2) is 4.39 Å². The average Bonchev–Trinajstić information content (AvgIpc) is 3.32. The van der Waals surface area contributed by atoms with Crippen LogP contribution in [0.5, 0.6) is 0 Å². The fraction of sp³-hybridized carbons (Fsp3) is 0.318. The maximum Gasteiger partial charge on any atom is 0.270 e. The summed E-state index contributed by atoms with van der Waals surface area (Å²) < 4.78 is 13.1. The Labute approximate surface area is 157 Å². The molecule has 1 aromatic heterocycles. The van der Waals surface area contributed by atoms with Crippen molar-refractivity contribution in [2.45, 2.75) is 24.9 Å². The number of rotatable bonds is 3. The molecule has 1 spiro atoms. The van der Waals surface area contributed by atoms with Crippen molar-refractivity contribution in [2.24, 2.45) is 0 Å². The summed E-state index contributed by atoms with van der Waals surface area (Å²) in [6.45, 7) is 3.40. The van der Waals surface area contributed by atoms with Crippen LogP contribution in [-0.4, -0.2) is 45.9 Å². The molecule has 5 heteroatoms. The Hall–Kier alpha value is -2.66. The molecular weight excluding hydrogens is 341 g/mol. The van der Waals surface area contributed by atoms with E-state index in [0.29, 0.717) is 5.69 Å². The third-order valence-corrected chi connectivity index (χ3v) is 6.18. The Morgan fingerprint density at radius 1 is 1.07 bits per heavy atom. The van der Waals surface area contributed by atoms with E-state index in [2.05, 4.69) is 9.88 Å². The lowest BCUT2D eigenvalue weighted by Crippen LogP contribution is -2.60. The molecule has 3 heterocycles. The van der Waals surface area contributed by atoms with Crippen LogP contribution in [-0.2, 0) is 6.54 Å². The molecule has 1 amide bonds. The van der Waals surface area contributed by atoms with Crippen molar-refractivity contribution in [2.75, 3.05) is 19.6 Å². The summed E-state index contributed by atoms with van der Waals surface area (Å²) in [5, 5.41) is 1.07. The molecule has 5 rings (SSSR count). The Morgan fingerprint density at radius 3 is 2.59 bits per heavy atom. The van der Waals surface area contributed by atoms with Gasteiger partial charge >= 0.3 is 0 Å². The van der Waals surface area contributed by atoms with Crippen molar-refractivity contribution in [1.82, 2.24) is 14.8 Å². The number of aromatic nitrogens is 1. The molecule has 27 heavy (non-hydrogen) atoms. The van der Waals surface area contributed by atoms with Gasteiger partial charge in [0.2, 0.25) is 0 Å². The molecule has 3 aromatic rings. The standard InChI is InChI=1S/C22H22FN3O/c23-18-7-5-16(6-8-18)14-26-12-10-22(26)9-11-25(15-22)21(27)20-13-17-3-1-2-4-19(17)24-20/h1-8,13,24H,9-12,14-15H2/t22-/m0/s1. The van der Waals surface area contributed by atoms with Crippen LogP contribution in [0.1, 0.15) is 28.9 Å². The second-order valence-electron chi connectivity index (χ2n) is 7.77. The Morgan fingerprint density at radius 2 is 1.85 bits per heavy atom. The molecule has 2 aromatic carbocycles. The highest BCUT2D eigenvalue weighted by atomic mass is 19.1. The number of benzene rings is 2. The van der Waals surface area contributed by atoms with Gasteiger partial charge in [-0.3, -0.25) is 9.69 Å². The number of likely N-dealkylation sites (tertiary alicyclic amines) is 2. The number of carbonyl (C=O) groups excluding carboxylic acids is 1. The van der Waals surface area contributed by atoms with Gasteiger partial charge in [0.25, 0.3) is 5.91 Å². The molecule has 0 saturated carbocycles. The molecule has 0 bridgehead atoms. The van der Waals surface area contributed by atoms with Crippen LogP contribution in [0.4, 0.5) is 4.39 Å². The first-order chi connectivity index (χ1) is 13.1. The van der Waals surface area contributed by atoms with Crippen LogP contribution in [0.15, 0.2) is 54.6 Å². The quantitative estimate of drug-likeness (QED) is 0.769. The molecule has 4 nitrogen and oxygen atoms in total. The molecule has 1 N–H and O–H groups in total. The number of nitrogens with one attached hydrogen (secondary N) is 1. The summed E-state index contributed by atoms with van der Waals surface area (Å²) in [7, 11) is 0. The third-order valence-electron chi connectivity index (χ3n) is 6.18. The lowest BCUT2D eigenvalue weighted by atomic mass is 9.83. The van der Waals surface area contributed by atoms with Gasteiger partial charge in [-0.15, -0.1) is 0 Å². The normalized spacial score (nSPS) is 22.5. The van der Waals surface area contributed by atoms with E-state index in [1.807, 2.05) is 47.4 Å². The predicted octanol–water partition coefficient (Wildman–Crippen LogP) is 3.80. The van der Waals surface area contributed by atoms with Crippen LogP contribution in [0.2, 0.25) is 0 Å². The fourth-order valence-corrected chi connectivity index (χ4v) is 4.49. The molecule has 2 fully saturated rings. The Balaban J connectivity index is 1.30. The third kappa shape index (κ3) is 2.82. The highest BCUT2D eigenvalue weighted by molar-refractivity contribution is 5.98. The number of fused-ring (bicyclic) bond motifs is 1. The topological polar surface area (TPSA) is 39.3 Å². The monoisotopic (exact) mass is 363 g/mol. The molecule has 2 aliphatic heterocycles. The molecule has 2 aliphatic rings. The van der Waals surface area contributed by atoms with Gasteiger partial charge in [0.05, 0.1) is 0 Å². The maximum absolute atomic E-state index is 13.1. The molecule has 1 atom stereocenters. The minimum atomic E-state index is -0.201. The lowest BCUT2D eigenvalue weighted by Gasteiger charge is -2.50. The summed E-state index contributed by atoms with van der Waals surface area (Å²) in [6, 6.07) is 16.6. The summed E-state index contributed by atoms with van der Waals surface area (Å²) >= 11 is 0. The molecule has 0 radical (unpaired) electrons. The van der Waals surface area contributed by atoms with E-state index in [9.17, 15) is 9.18 Å². The number of aromatic amines is 1. The number of amides is 1. The van der Waals surface area contributed by atoms with Crippen LogP contribution >= 0.6 is 0 Å². The van der Waals surface area contributed by atoms with E-state index >= 15 is 0 Å². The largest absolute Gasteiger partial charge is 0.351 e. The van der Waals surface area contributed by atoms with Crippen molar-refractivity contribution >= 4 is 16.8 Å². The van der Waals surface area contributed by atoms with Gasteiger partial charge in [0.15, 0.2) is 0 Å². The zero-order valence-corrected chi connectivity index (χ0v) is 15.1. The molecular formula is C22H22FN3O. The first-order valence-electron chi connectivity index (χ1n) is 9.50. The number of hydrogen-bond donors (Lipinski definition) is 1. The molecule has 2 saturated heterocycles. The second-order valence-corrected chi connectivity index (χ2v) is 7.77. The number of carbonyl (C=O) groups is 1. The maximum atomic E-state index is 13.1. The summed E-state index contributed by atoms with van der Waals surface area (Å²) in [5.74, 6) is -0.121. The van der Waals surface area contributed by atoms with Gasteiger partial charge < -0.3 is 9.88 Å². The average molecular weight is 363 g/mol. The minimum absolute atomic E-state index is 0.0794. The smallest absolute Gasteiger partial charge is 0.270 e. The summed E-state index contributed by atoms with van der Waals surface area (Å²) in [5.41, 5.74) is 2.86. The van der Waals surface area contributed by atoms with Crippen molar-refractivity contribution in [3.63, 3.8) is 0 Å². The highest BCUT2D eigenvalue weighted by Crippen LogP contribution is 2.40. The van der Waals surface area contributed by atoms with Crippen LogP contribution in [0, 0.1) is 5.82 Å². The van der Waals surface area contributed by atoms with E-state index in [4.69, 9.17) is 0 Å². The predicted molar refractivity (Wildman–Crippen MR) is 103 cm³/mol. The van der Waals surface area contributed by atoms with Gasteiger partial charge in [-0.05, 0) is 42.7 Å². The van der Waals surface area contributed by atoms with Crippen LogP contribution in [0.3, 0.4) is 0 Å². The number of para-hydroxylation sites is 1. The van der Waals surface area contributed by atoms with Gasteiger partial charge in [-0.1, -0.05) is 30.3 Å². The van der Waals surface area contributed by atoms with E-state index in [-0.39, 0.29) is 17.3 Å². The molecule has 0 aliphatic carbocycles. The summed E-state index contributed by atoms with van der Waals surface area (Å²) in [4.78, 5) is 20.6. The van der Waals surface area contributed by atoms with E-state index in [1.165, 1.54) is 12.1 Å². The van der Waals surface area contributed by atoms with Crippen LogP contribution in [0.25, 0.3) is 10.9 Å². The first-order valence-corrected chi connectivity index (χ1v) is 9.50. The van der Waals surface area contributed by atoms with Crippen molar-refractivity contribution < 1.29 is 9.18 Å². The van der Waals surface area contributed by atoms with Gasteiger partial charge in [-0.2, -0.15) is 0 Å². The van der Waals surface area contributed by atoms with Crippen molar-refractivity contribution in [3.05, 3.63) is 71.7 Å². The minimum Gasteiger partial charge on any atom is -0.351 e. The van der Waals surface area contributed by atoms with Crippen LogP contribution < -0.4 is 0 Å². The van der Waals surface area contributed by atoms with E-state index in [0.717, 1.165) is 55.5 Å². The lowest BCUT2D eigenvalue weighted by molar-refractivity contribution is -0.0131. The van der Waals surface area contributed by atoms with E-state index in [1.54, 1.807) is 0 Å². The number of halogens is 1. The van der Waals surface area contributed by atoms with Gasteiger partial charge in [0, 0.05) is 42.6 Å². The SMILES string of the molecule is O=C(c1cc2ccccc2[nH]1)N1CC[C@]2(CCN2Cc2ccc(F)cc2)C1. The zero-order chi connectivity index (χ0) is 18.4. The number of hydrogen-bond acceptors (Lipinski definition) is 2. The first kappa shape index (κ1) is 16.5. The van der Waals surface area contributed by atoms with E-state index < -0.39 is 0 Å². The number of nitrogens with zero attached hydrogens (tertiary/aromatic N) is 2. The number of H-pyrrole nitrogens is 1. The second kappa shape index (κ2) is 6.20.